The summed E-state index contributed by atoms with van der Waals surface area (Å²) < 4.78 is 7.42. The minimum Gasteiger partial charge on any atom is -0.381 e. The Balaban J connectivity index is 1.35. The monoisotopic (exact) mass is 329 g/mol. The molecule has 0 spiro atoms. The standard InChI is InChI=1S/C19H27N3O2/c23-19-20-17-3-1-2-4-18(17)22(19)16-6-11-21(12-7-16)10-5-15-8-13-24-14-9-15/h1-4,15-16H,5-14H2,(H,20,23). The van der Waals surface area contributed by atoms with Gasteiger partial charge in [-0.05, 0) is 56.7 Å². The molecule has 0 unspecified atom stereocenters. The van der Waals surface area contributed by atoms with Gasteiger partial charge in [-0.1, -0.05) is 12.1 Å². The number of H-pyrrole nitrogens is 1. The molecule has 130 valence electrons. The molecule has 5 nitrogen and oxygen atoms in total. The van der Waals surface area contributed by atoms with Gasteiger partial charge in [0.1, 0.15) is 0 Å². The molecule has 1 aromatic carbocycles. The van der Waals surface area contributed by atoms with Crippen LogP contribution in [0.15, 0.2) is 29.1 Å². The van der Waals surface area contributed by atoms with Gasteiger partial charge in [0.05, 0.1) is 11.0 Å². The molecule has 1 N–H and O–H groups in total. The first-order chi connectivity index (χ1) is 11.8. The minimum atomic E-state index is 0.0388. The number of fused-ring (bicyclic) bond motifs is 1. The molecular formula is C19H27N3O2. The normalized spacial score (nSPS) is 21.5. The largest absolute Gasteiger partial charge is 0.381 e. The smallest absolute Gasteiger partial charge is 0.326 e. The number of nitrogens with one attached hydrogen (secondary N) is 1. The molecular weight excluding hydrogens is 302 g/mol. The van der Waals surface area contributed by atoms with Gasteiger partial charge < -0.3 is 14.6 Å². The number of hydrogen-bond acceptors (Lipinski definition) is 3. The van der Waals surface area contributed by atoms with Gasteiger partial charge in [-0.15, -0.1) is 0 Å². The fraction of sp³-hybridized carbons (Fsp3) is 0.632. The van der Waals surface area contributed by atoms with E-state index >= 15 is 0 Å². The van der Waals surface area contributed by atoms with Gasteiger partial charge >= 0.3 is 5.69 Å². The number of rotatable bonds is 4. The van der Waals surface area contributed by atoms with Crippen molar-refractivity contribution < 1.29 is 4.74 Å². The second-order valence-corrected chi connectivity index (χ2v) is 7.23. The van der Waals surface area contributed by atoms with Gasteiger partial charge in [0, 0.05) is 32.3 Å². The SMILES string of the molecule is O=c1[nH]c2ccccc2n1C1CCN(CCC2CCOCC2)CC1. The molecule has 0 bridgehead atoms. The summed E-state index contributed by atoms with van der Waals surface area (Å²) in [4.78, 5) is 17.9. The molecule has 0 amide bonds. The van der Waals surface area contributed by atoms with Crippen molar-refractivity contribution in [2.45, 2.75) is 38.1 Å². The summed E-state index contributed by atoms with van der Waals surface area (Å²) in [5.41, 5.74) is 2.03. The highest BCUT2D eigenvalue weighted by atomic mass is 16.5. The van der Waals surface area contributed by atoms with Crippen LogP contribution in [0.1, 0.15) is 38.1 Å². The van der Waals surface area contributed by atoms with Crippen molar-refractivity contribution in [2.75, 3.05) is 32.8 Å². The van der Waals surface area contributed by atoms with Crippen molar-refractivity contribution in [1.82, 2.24) is 14.5 Å². The van der Waals surface area contributed by atoms with E-state index in [2.05, 4.69) is 9.88 Å². The van der Waals surface area contributed by atoms with Crippen LogP contribution in [0.3, 0.4) is 0 Å². The lowest BCUT2D eigenvalue weighted by atomic mass is 9.95. The summed E-state index contributed by atoms with van der Waals surface area (Å²) >= 11 is 0. The molecule has 2 saturated heterocycles. The number of benzene rings is 1. The van der Waals surface area contributed by atoms with Crippen molar-refractivity contribution in [1.29, 1.82) is 0 Å². The lowest BCUT2D eigenvalue weighted by molar-refractivity contribution is 0.0583. The lowest BCUT2D eigenvalue weighted by Crippen LogP contribution is -2.38. The summed E-state index contributed by atoms with van der Waals surface area (Å²) in [6.07, 6.45) is 5.87. The highest BCUT2D eigenvalue weighted by molar-refractivity contribution is 5.75. The molecule has 4 rings (SSSR count). The predicted octanol–water partition coefficient (Wildman–Crippen LogP) is 2.78. The maximum atomic E-state index is 12.3. The second kappa shape index (κ2) is 7.11. The van der Waals surface area contributed by atoms with E-state index in [0.29, 0.717) is 6.04 Å². The van der Waals surface area contributed by atoms with Crippen LogP contribution in [0.2, 0.25) is 0 Å². The number of aromatic nitrogens is 2. The zero-order valence-corrected chi connectivity index (χ0v) is 14.2. The average molecular weight is 329 g/mol. The third kappa shape index (κ3) is 3.28. The number of hydrogen-bond donors (Lipinski definition) is 1. The Morgan fingerprint density at radius 2 is 1.83 bits per heavy atom. The molecule has 2 aliphatic rings. The summed E-state index contributed by atoms with van der Waals surface area (Å²) in [6, 6.07) is 8.34. The first-order valence-corrected chi connectivity index (χ1v) is 9.30. The van der Waals surface area contributed by atoms with Gasteiger partial charge in [-0.3, -0.25) is 4.57 Å². The molecule has 1 aromatic heterocycles. The lowest BCUT2D eigenvalue weighted by Gasteiger charge is -2.33. The Hall–Kier alpha value is -1.59. The summed E-state index contributed by atoms with van der Waals surface area (Å²) in [5, 5.41) is 0. The van der Waals surface area contributed by atoms with Gasteiger partial charge in [0.2, 0.25) is 0 Å². The number of aromatic amines is 1. The van der Waals surface area contributed by atoms with E-state index in [1.165, 1.54) is 25.8 Å². The van der Waals surface area contributed by atoms with E-state index in [1.54, 1.807) is 0 Å². The van der Waals surface area contributed by atoms with E-state index in [-0.39, 0.29) is 5.69 Å². The van der Waals surface area contributed by atoms with Crippen LogP contribution in [-0.2, 0) is 4.74 Å². The van der Waals surface area contributed by atoms with Gasteiger partial charge in [-0.25, -0.2) is 4.79 Å². The molecule has 2 fully saturated rings. The molecule has 5 heteroatoms. The van der Waals surface area contributed by atoms with Crippen molar-refractivity contribution in [3.05, 3.63) is 34.7 Å². The maximum absolute atomic E-state index is 12.3. The minimum absolute atomic E-state index is 0.0388. The van der Waals surface area contributed by atoms with Crippen LogP contribution < -0.4 is 5.69 Å². The third-order valence-corrected chi connectivity index (χ3v) is 5.74. The Labute approximate surface area is 142 Å². The predicted molar refractivity (Wildman–Crippen MR) is 95.4 cm³/mol. The number of ether oxygens (including phenoxy) is 1. The quantitative estimate of drug-likeness (QED) is 0.938. The van der Waals surface area contributed by atoms with Crippen molar-refractivity contribution in [3.8, 4) is 0 Å². The first kappa shape index (κ1) is 15.9. The molecule has 0 saturated carbocycles. The Morgan fingerprint density at radius 1 is 1.08 bits per heavy atom. The molecule has 24 heavy (non-hydrogen) atoms. The number of imidazole rings is 1. The van der Waals surface area contributed by atoms with Crippen LogP contribution in [0.25, 0.3) is 11.0 Å². The summed E-state index contributed by atoms with van der Waals surface area (Å²) in [5.74, 6) is 0.840. The molecule has 0 atom stereocenters. The zero-order valence-electron chi connectivity index (χ0n) is 14.2. The average Bonchev–Trinajstić information content (AvgIpc) is 2.97. The topological polar surface area (TPSA) is 50.3 Å². The molecule has 0 aliphatic carbocycles. The summed E-state index contributed by atoms with van der Waals surface area (Å²) in [7, 11) is 0. The Kier molecular flexibility index (Phi) is 4.72. The molecule has 0 radical (unpaired) electrons. The highest BCUT2D eigenvalue weighted by Crippen LogP contribution is 2.26. The zero-order chi connectivity index (χ0) is 16.4. The van der Waals surface area contributed by atoms with Crippen molar-refractivity contribution in [3.63, 3.8) is 0 Å². The molecule has 3 heterocycles. The fourth-order valence-electron chi connectivity index (χ4n) is 4.24. The van der Waals surface area contributed by atoms with E-state index in [4.69, 9.17) is 4.74 Å². The Bertz CT molecular complexity index is 722. The van der Waals surface area contributed by atoms with Crippen LogP contribution in [-0.4, -0.2) is 47.3 Å². The van der Waals surface area contributed by atoms with Crippen LogP contribution in [0.4, 0.5) is 0 Å². The first-order valence-electron chi connectivity index (χ1n) is 9.30. The van der Waals surface area contributed by atoms with Crippen LogP contribution >= 0.6 is 0 Å². The van der Waals surface area contributed by atoms with Crippen molar-refractivity contribution >= 4 is 11.0 Å². The number of piperidine rings is 1. The van der Waals surface area contributed by atoms with E-state index in [0.717, 1.165) is 56.1 Å². The molecule has 2 aliphatic heterocycles. The Morgan fingerprint density at radius 3 is 2.62 bits per heavy atom. The number of para-hydroxylation sites is 2. The maximum Gasteiger partial charge on any atom is 0.326 e. The third-order valence-electron chi connectivity index (χ3n) is 5.74. The van der Waals surface area contributed by atoms with E-state index < -0.39 is 0 Å². The van der Waals surface area contributed by atoms with Gasteiger partial charge in [0.15, 0.2) is 0 Å². The summed E-state index contributed by atoms with van der Waals surface area (Å²) in [6.45, 7) is 5.27. The molecule has 2 aromatic rings. The fourth-order valence-corrected chi connectivity index (χ4v) is 4.24. The number of nitrogens with zero attached hydrogens (tertiary/aromatic N) is 2. The van der Waals surface area contributed by atoms with Crippen LogP contribution in [0, 0.1) is 5.92 Å². The second-order valence-electron chi connectivity index (χ2n) is 7.23. The van der Waals surface area contributed by atoms with Crippen LogP contribution in [0.5, 0.6) is 0 Å². The van der Waals surface area contributed by atoms with Gasteiger partial charge in [-0.2, -0.15) is 0 Å². The highest BCUT2D eigenvalue weighted by Gasteiger charge is 2.24. The van der Waals surface area contributed by atoms with Gasteiger partial charge in [0.25, 0.3) is 0 Å². The van der Waals surface area contributed by atoms with Crippen molar-refractivity contribution in [2.24, 2.45) is 5.92 Å². The number of likely N-dealkylation sites (tertiary alicyclic amines) is 1. The van der Waals surface area contributed by atoms with E-state index in [9.17, 15) is 4.79 Å². The van der Waals surface area contributed by atoms with E-state index in [1.807, 2.05) is 28.8 Å².